The number of carbonyl (C=O) groups excluding carboxylic acids is 1. The van der Waals surface area contributed by atoms with Gasteiger partial charge in [-0.25, -0.2) is 0 Å². The maximum absolute atomic E-state index is 12.1. The molecule has 1 aromatic rings. The average Bonchev–Trinajstić information content (AvgIpc) is 2.45. The molecule has 0 aliphatic heterocycles. The SMILES string of the molecule is CCC(CSC)NC(=O)c1cccc(/C(N)=N/O)c1. The Bertz CT molecular complexity index is 463. The minimum atomic E-state index is -0.145. The summed E-state index contributed by atoms with van der Waals surface area (Å²) in [5, 5.41) is 14.5. The summed E-state index contributed by atoms with van der Waals surface area (Å²) in [4.78, 5) is 12.1. The molecule has 0 aliphatic rings. The van der Waals surface area contributed by atoms with Crippen molar-refractivity contribution in [3.63, 3.8) is 0 Å². The lowest BCUT2D eigenvalue weighted by atomic mass is 10.1. The zero-order valence-corrected chi connectivity index (χ0v) is 11.9. The molecule has 0 heterocycles. The first kappa shape index (κ1) is 15.4. The zero-order chi connectivity index (χ0) is 14.3. The molecule has 1 rings (SSSR count). The van der Waals surface area contributed by atoms with Crippen molar-refractivity contribution in [3.8, 4) is 0 Å². The molecule has 0 radical (unpaired) electrons. The highest BCUT2D eigenvalue weighted by Gasteiger charge is 2.12. The molecule has 1 amide bonds. The highest BCUT2D eigenvalue weighted by molar-refractivity contribution is 7.98. The van der Waals surface area contributed by atoms with Gasteiger partial charge in [0.15, 0.2) is 5.84 Å². The number of amides is 1. The van der Waals surface area contributed by atoms with Gasteiger partial charge in [-0.3, -0.25) is 4.79 Å². The van der Waals surface area contributed by atoms with Crippen LogP contribution in [0.1, 0.15) is 29.3 Å². The van der Waals surface area contributed by atoms with Crippen LogP contribution in [0.4, 0.5) is 0 Å². The molecule has 0 spiro atoms. The number of amidine groups is 1. The second-order valence-corrected chi connectivity index (χ2v) is 5.01. The molecule has 0 bridgehead atoms. The topological polar surface area (TPSA) is 87.7 Å². The van der Waals surface area contributed by atoms with Crippen LogP contribution in [0.2, 0.25) is 0 Å². The summed E-state index contributed by atoms with van der Waals surface area (Å²) in [5.41, 5.74) is 6.53. The van der Waals surface area contributed by atoms with Crippen LogP contribution in [0.5, 0.6) is 0 Å². The fraction of sp³-hybridized carbons (Fsp3) is 0.385. The molecule has 0 saturated carbocycles. The minimum Gasteiger partial charge on any atom is -0.409 e. The van der Waals surface area contributed by atoms with Crippen LogP contribution >= 0.6 is 11.8 Å². The maximum atomic E-state index is 12.1. The first-order valence-electron chi connectivity index (χ1n) is 6.00. The second kappa shape index (κ2) is 7.68. The van der Waals surface area contributed by atoms with Gasteiger partial charge in [-0.2, -0.15) is 11.8 Å². The lowest BCUT2D eigenvalue weighted by Crippen LogP contribution is -2.36. The van der Waals surface area contributed by atoms with Crippen molar-refractivity contribution in [2.75, 3.05) is 12.0 Å². The van der Waals surface area contributed by atoms with E-state index < -0.39 is 0 Å². The number of rotatable bonds is 6. The van der Waals surface area contributed by atoms with Crippen LogP contribution in [-0.4, -0.2) is 35.0 Å². The van der Waals surface area contributed by atoms with Crippen molar-refractivity contribution in [1.82, 2.24) is 5.32 Å². The van der Waals surface area contributed by atoms with Crippen molar-refractivity contribution in [3.05, 3.63) is 35.4 Å². The van der Waals surface area contributed by atoms with Gasteiger partial charge in [0.1, 0.15) is 0 Å². The molecule has 0 aromatic heterocycles. The molecule has 1 unspecified atom stereocenters. The van der Waals surface area contributed by atoms with Gasteiger partial charge in [-0.1, -0.05) is 24.2 Å². The standard InChI is InChI=1S/C13H19N3O2S/c1-3-11(8-19-2)15-13(17)10-6-4-5-9(7-10)12(14)16-18/h4-7,11,18H,3,8H2,1-2H3,(H2,14,16)(H,15,17). The Hall–Kier alpha value is -1.69. The van der Waals surface area contributed by atoms with Crippen LogP contribution in [0.15, 0.2) is 29.4 Å². The monoisotopic (exact) mass is 281 g/mol. The summed E-state index contributed by atoms with van der Waals surface area (Å²) in [6.45, 7) is 2.04. The highest BCUT2D eigenvalue weighted by Crippen LogP contribution is 2.07. The van der Waals surface area contributed by atoms with E-state index in [4.69, 9.17) is 10.9 Å². The zero-order valence-electron chi connectivity index (χ0n) is 11.1. The summed E-state index contributed by atoms with van der Waals surface area (Å²) >= 11 is 1.70. The number of nitrogens with zero attached hydrogens (tertiary/aromatic N) is 1. The molecule has 0 saturated heterocycles. The van der Waals surface area contributed by atoms with E-state index in [1.165, 1.54) is 0 Å². The van der Waals surface area contributed by atoms with Gasteiger partial charge in [0.25, 0.3) is 5.91 Å². The molecular weight excluding hydrogens is 262 g/mol. The predicted molar refractivity (Wildman–Crippen MR) is 78.9 cm³/mol. The van der Waals surface area contributed by atoms with Gasteiger partial charge < -0.3 is 16.3 Å². The van der Waals surface area contributed by atoms with E-state index in [2.05, 4.69) is 10.5 Å². The molecule has 5 nitrogen and oxygen atoms in total. The van der Waals surface area contributed by atoms with Gasteiger partial charge in [-0.05, 0) is 24.8 Å². The third kappa shape index (κ3) is 4.48. The van der Waals surface area contributed by atoms with Crippen LogP contribution in [0, 0.1) is 0 Å². The van der Waals surface area contributed by atoms with Crippen molar-refractivity contribution < 1.29 is 10.0 Å². The fourth-order valence-corrected chi connectivity index (χ4v) is 2.33. The summed E-state index contributed by atoms with van der Waals surface area (Å²) < 4.78 is 0. The Morgan fingerprint density at radius 2 is 2.21 bits per heavy atom. The third-order valence-electron chi connectivity index (χ3n) is 2.72. The van der Waals surface area contributed by atoms with Gasteiger partial charge in [0.05, 0.1) is 0 Å². The summed E-state index contributed by atoms with van der Waals surface area (Å²) in [7, 11) is 0. The van der Waals surface area contributed by atoms with Gasteiger partial charge in [0.2, 0.25) is 0 Å². The predicted octanol–water partition coefficient (Wildman–Crippen LogP) is 1.65. The molecule has 104 valence electrons. The molecule has 0 fully saturated rings. The molecule has 1 aromatic carbocycles. The van der Waals surface area contributed by atoms with E-state index in [0.717, 1.165) is 12.2 Å². The third-order valence-corrected chi connectivity index (χ3v) is 3.46. The van der Waals surface area contributed by atoms with E-state index in [1.807, 2.05) is 13.2 Å². The number of hydrogen-bond acceptors (Lipinski definition) is 4. The van der Waals surface area contributed by atoms with Crippen molar-refractivity contribution >= 4 is 23.5 Å². The number of benzene rings is 1. The smallest absolute Gasteiger partial charge is 0.251 e. The Labute approximate surface area is 117 Å². The number of carbonyl (C=O) groups is 1. The first-order valence-corrected chi connectivity index (χ1v) is 7.39. The van der Waals surface area contributed by atoms with E-state index in [0.29, 0.717) is 11.1 Å². The van der Waals surface area contributed by atoms with Crippen LogP contribution in [0.3, 0.4) is 0 Å². The first-order chi connectivity index (χ1) is 9.12. The van der Waals surface area contributed by atoms with Crippen molar-refractivity contribution in [2.24, 2.45) is 10.9 Å². The fourth-order valence-electron chi connectivity index (χ4n) is 1.61. The number of nitrogens with two attached hydrogens (primary N) is 1. The van der Waals surface area contributed by atoms with Crippen molar-refractivity contribution in [2.45, 2.75) is 19.4 Å². The van der Waals surface area contributed by atoms with Gasteiger partial charge >= 0.3 is 0 Å². The number of hydrogen-bond donors (Lipinski definition) is 3. The van der Waals surface area contributed by atoms with Gasteiger partial charge in [0, 0.05) is 22.9 Å². The Kier molecular flexibility index (Phi) is 6.21. The second-order valence-electron chi connectivity index (χ2n) is 4.10. The molecule has 19 heavy (non-hydrogen) atoms. The van der Waals surface area contributed by atoms with Crippen molar-refractivity contribution in [1.29, 1.82) is 0 Å². The lowest BCUT2D eigenvalue weighted by molar-refractivity contribution is 0.0940. The molecule has 0 aliphatic carbocycles. The number of nitrogens with one attached hydrogen (secondary N) is 1. The van der Waals surface area contributed by atoms with Crippen LogP contribution < -0.4 is 11.1 Å². The summed E-state index contributed by atoms with van der Waals surface area (Å²) in [6.07, 6.45) is 2.89. The summed E-state index contributed by atoms with van der Waals surface area (Å²) in [5.74, 6) is 0.724. The van der Waals surface area contributed by atoms with E-state index in [-0.39, 0.29) is 17.8 Å². The normalized spacial score (nSPS) is 13.1. The van der Waals surface area contributed by atoms with E-state index in [9.17, 15) is 4.79 Å². The van der Waals surface area contributed by atoms with E-state index in [1.54, 1.807) is 36.0 Å². The maximum Gasteiger partial charge on any atom is 0.251 e. The van der Waals surface area contributed by atoms with Gasteiger partial charge in [-0.15, -0.1) is 0 Å². The highest BCUT2D eigenvalue weighted by atomic mass is 32.2. The lowest BCUT2D eigenvalue weighted by Gasteiger charge is -2.15. The summed E-state index contributed by atoms with van der Waals surface area (Å²) in [6, 6.07) is 6.85. The molecule has 4 N–H and O–H groups in total. The Morgan fingerprint density at radius 1 is 1.53 bits per heavy atom. The number of oxime groups is 1. The van der Waals surface area contributed by atoms with E-state index >= 15 is 0 Å². The Morgan fingerprint density at radius 3 is 2.79 bits per heavy atom. The molecule has 6 heteroatoms. The van der Waals surface area contributed by atoms with Crippen LogP contribution in [0.25, 0.3) is 0 Å². The van der Waals surface area contributed by atoms with Crippen LogP contribution in [-0.2, 0) is 0 Å². The quantitative estimate of drug-likeness (QED) is 0.320. The minimum absolute atomic E-state index is 0.00851. The average molecular weight is 281 g/mol. The number of thioether (sulfide) groups is 1. The largest absolute Gasteiger partial charge is 0.409 e. The molecular formula is C13H19N3O2S. The Balaban J connectivity index is 2.82. The molecule has 1 atom stereocenters.